The van der Waals surface area contributed by atoms with E-state index in [-0.39, 0.29) is 17.5 Å². The van der Waals surface area contributed by atoms with E-state index in [1.807, 2.05) is 55.5 Å². The molecule has 1 aliphatic rings. The van der Waals surface area contributed by atoms with Crippen LogP contribution in [0, 0.1) is 6.92 Å². The second-order valence-corrected chi connectivity index (χ2v) is 7.69. The molecule has 1 N–H and O–H groups in total. The van der Waals surface area contributed by atoms with Crippen molar-refractivity contribution in [1.29, 1.82) is 0 Å². The number of imidazole rings is 1. The quantitative estimate of drug-likeness (QED) is 0.581. The van der Waals surface area contributed by atoms with E-state index in [2.05, 4.69) is 4.98 Å². The van der Waals surface area contributed by atoms with E-state index >= 15 is 0 Å². The molecule has 0 aliphatic carbocycles. The second-order valence-electron chi connectivity index (χ2n) is 7.69. The number of hydrogen-bond acceptors (Lipinski definition) is 4. The van der Waals surface area contributed by atoms with Gasteiger partial charge in [0.1, 0.15) is 0 Å². The highest BCUT2D eigenvalue weighted by atomic mass is 16.5. The fourth-order valence-electron chi connectivity index (χ4n) is 4.20. The van der Waals surface area contributed by atoms with Gasteiger partial charge in [-0.3, -0.25) is 9.36 Å². The lowest BCUT2D eigenvalue weighted by molar-refractivity contribution is 0.0953. The standard InChI is InChI=1S/C23H23N3O3/c1-15-7-2-3-8-16(15)13-18-21(27)25(14-17-9-6-12-29-17)23-24-19-10-4-5-11-20(19)26(23)22(18)28/h2-5,7-8,10-11,17,27H,6,9,12-14H2,1H3. The summed E-state index contributed by atoms with van der Waals surface area (Å²) in [4.78, 5) is 18.1. The molecule has 4 aromatic rings. The molecule has 148 valence electrons. The predicted octanol–water partition coefficient (Wildman–Crippen LogP) is 3.43. The highest BCUT2D eigenvalue weighted by molar-refractivity contribution is 5.79. The van der Waals surface area contributed by atoms with Crippen molar-refractivity contribution < 1.29 is 9.84 Å². The van der Waals surface area contributed by atoms with Crippen LogP contribution < -0.4 is 5.56 Å². The van der Waals surface area contributed by atoms with E-state index in [1.54, 1.807) is 8.97 Å². The van der Waals surface area contributed by atoms with Gasteiger partial charge >= 0.3 is 0 Å². The van der Waals surface area contributed by atoms with Crippen LogP contribution in [-0.2, 0) is 17.7 Å². The fraction of sp³-hybridized carbons (Fsp3) is 0.304. The van der Waals surface area contributed by atoms with Gasteiger partial charge in [-0.1, -0.05) is 36.4 Å². The maximum Gasteiger partial charge on any atom is 0.266 e. The van der Waals surface area contributed by atoms with Crippen LogP contribution in [0.15, 0.2) is 53.3 Å². The van der Waals surface area contributed by atoms with Crippen LogP contribution in [0.25, 0.3) is 16.8 Å². The zero-order valence-electron chi connectivity index (χ0n) is 16.3. The Morgan fingerprint density at radius 1 is 1.17 bits per heavy atom. The summed E-state index contributed by atoms with van der Waals surface area (Å²) in [6, 6.07) is 15.5. The number of aromatic nitrogens is 3. The first kappa shape index (κ1) is 17.9. The molecule has 6 heteroatoms. The van der Waals surface area contributed by atoms with Crippen LogP contribution in [0.4, 0.5) is 0 Å². The highest BCUT2D eigenvalue weighted by Crippen LogP contribution is 2.26. The number of aryl methyl sites for hydroxylation is 1. The third-order valence-electron chi connectivity index (χ3n) is 5.81. The molecule has 0 bridgehead atoms. The zero-order chi connectivity index (χ0) is 20.0. The molecule has 3 heterocycles. The van der Waals surface area contributed by atoms with Crippen LogP contribution >= 0.6 is 0 Å². The van der Waals surface area contributed by atoms with Crippen molar-refractivity contribution in [3.8, 4) is 5.88 Å². The van der Waals surface area contributed by atoms with Gasteiger partial charge in [0, 0.05) is 13.0 Å². The van der Waals surface area contributed by atoms with Crippen molar-refractivity contribution in [2.75, 3.05) is 6.61 Å². The zero-order valence-corrected chi connectivity index (χ0v) is 16.3. The minimum Gasteiger partial charge on any atom is -0.494 e. The van der Waals surface area contributed by atoms with E-state index in [1.165, 1.54) is 0 Å². The molecule has 29 heavy (non-hydrogen) atoms. The SMILES string of the molecule is Cc1ccccc1Cc1c(O)n(CC2CCCO2)c2nc3ccccc3n2c1=O. The molecule has 0 amide bonds. The number of benzene rings is 2. The fourth-order valence-corrected chi connectivity index (χ4v) is 4.20. The summed E-state index contributed by atoms with van der Waals surface area (Å²) in [6.07, 6.45) is 2.32. The van der Waals surface area contributed by atoms with Gasteiger partial charge < -0.3 is 9.84 Å². The molecule has 2 aromatic carbocycles. The van der Waals surface area contributed by atoms with Gasteiger partial charge in [0.05, 0.1) is 29.2 Å². The van der Waals surface area contributed by atoms with Gasteiger partial charge in [0.2, 0.25) is 11.7 Å². The van der Waals surface area contributed by atoms with Gasteiger partial charge in [-0.2, -0.15) is 0 Å². The Kier molecular flexibility index (Phi) is 4.36. The van der Waals surface area contributed by atoms with Crippen LogP contribution in [0.5, 0.6) is 5.88 Å². The van der Waals surface area contributed by atoms with Crippen LogP contribution in [0.1, 0.15) is 29.5 Å². The third kappa shape index (κ3) is 3.00. The van der Waals surface area contributed by atoms with Gasteiger partial charge in [-0.05, 0) is 43.0 Å². The van der Waals surface area contributed by atoms with Gasteiger partial charge in [0.25, 0.3) is 5.56 Å². The summed E-state index contributed by atoms with van der Waals surface area (Å²) in [6.45, 7) is 3.22. The van der Waals surface area contributed by atoms with E-state index in [0.717, 1.165) is 41.6 Å². The van der Waals surface area contributed by atoms with Gasteiger partial charge in [-0.15, -0.1) is 0 Å². The van der Waals surface area contributed by atoms with Crippen molar-refractivity contribution in [2.24, 2.45) is 0 Å². The van der Waals surface area contributed by atoms with E-state index < -0.39 is 0 Å². The lowest BCUT2D eigenvalue weighted by atomic mass is 10.0. The Bertz CT molecular complexity index is 1270. The number of ether oxygens (including phenoxy) is 1. The molecule has 6 nitrogen and oxygen atoms in total. The number of fused-ring (bicyclic) bond motifs is 3. The van der Waals surface area contributed by atoms with E-state index in [4.69, 9.17) is 4.74 Å². The van der Waals surface area contributed by atoms with Gasteiger partial charge in [-0.25, -0.2) is 9.38 Å². The Balaban J connectivity index is 1.76. The lowest BCUT2D eigenvalue weighted by Crippen LogP contribution is -2.26. The monoisotopic (exact) mass is 389 g/mol. The highest BCUT2D eigenvalue weighted by Gasteiger charge is 2.24. The van der Waals surface area contributed by atoms with Crippen LogP contribution in [0.2, 0.25) is 0 Å². The molecule has 1 aliphatic heterocycles. The van der Waals surface area contributed by atoms with Crippen molar-refractivity contribution in [1.82, 2.24) is 14.0 Å². The summed E-state index contributed by atoms with van der Waals surface area (Å²) >= 11 is 0. The summed E-state index contributed by atoms with van der Waals surface area (Å²) in [5.74, 6) is 0.439. The number of aromatic hydroxyl groups is 1. The smallest absolute Gasteiger partial charge is 0.266 e. The normalized spacial score (nSPS) is 16.8. The topological polar surface area (TPSA) is 68.8 Å². The summed E-state index contributed by atoms with van der Waals surface area (Å²) < 4.78 is 9.16. The molecule has 1 unspecified atom stereocenters. The Morgan fingerprint density at radius 2 is 1.97 bits per heavy atom. The van der Waals surface area contributed by atoms with Gasteiger partial charge in [0.15, 0.2) is 0 Å². The average Bonchev–Trinajstić information content (AvgIpc) is 3.37. The van der Waals surface area contributed by atoms with Crippen molar-refractivity contribution in [2.45, 2.75) is 38.8 Å². The minimum atomic E-state index is -0.224. The molecule has 1 fully saturated rings. The van der Waals surface area contributed by atoms with Crippen LogP contribution in [-0.4, -0.2) is 31.8 Å². The maximum absolute atomic E-state index is 13.4. The van der Waals surface area contributed by atoms with E-state index in [9.17, 15) is 9.90 Å². The minimum absolute atomic E-state index is 0.0123. The predicted molar refractivity (Wildman–Crippen MR) is 112 cm³/mol. The van der Waals surface area contributed by atoms with Crippen molar-refractivity contribution in [3.63, 3.8) is 0 Å². The number of nitrogens with zero attached hydrogens (tertiary/aromatic N) is 3. The Morgan fingerprint density at radius 3 is 2.76 bits per heavy atom. The van der Waals surface area contributed by atoms with Crippen molar-refractivity contribution in [3.05, 3.63) is 75.6 Å². The number of rotatable bonds is 4. The third-order valence-corrected chi connectivity index (χ3v) is 5.81. The second kappa shape index (κ2) is 7.04. The maximum atomic E-state index is 13.4. The molecular formula is C23H23N3O3. The Labute approximate surface area is 168 Å². The first-order chi connectivity index (χ1) is 14.1. The van der Waals surface area contributed by atoms with E-state index in [0.29, 0.717) is 24.3 Å². The largest absolute Gasteiger partial charge is 0.494 e. The summed E-state index contributed by atoms with van der Waals surface area (Å²) in [5, 5.41) is 11.2. The molecule has 0 spiro atoms. The molecular weight excluding hydrogens is 366 g/mol. The molecule has 1 saturated heterocycles. The van der Waals surface area contributed by atoms with Crippen molar-refractivity contribution >= 4 is 16.8 Å². The summed E-state index contributed by atoms with van der Waals surface area (Å²) in [5.41, 5.74) is 3.75. The summed E-state index contributed by atoms with van der Waals surface area (Å²) in [7, 11) is 0. The molecule has 0 saturated carbocycles. The molecule has 0 radical (unpaired) electrons. The van der Waals surface area contributed by atoms with Crippen LogP contribution in [0.3, 0.4) is 0 Å². The number of para-hydroxylation sites is 2. The lowest BCUT2D eigenvalue weighted by Gasteiger charge is -2.18. The Hall–Kier alpha value is -3.12. The first-order valence-electron chi connectivity index (χ1n) is 10.0. The average molecular weight is 389 g/mol. The molecule has 5 rings (SSSR count). The molecule has 1 atom stereocenters. The number of hydrogen-bond donors (Lipinski definition) is 1. The molecule has 2 aromatic heterocycles. The first-order valence-corrected chi connectivity index (χ1v) is 10.0.